The van der Waals surface area contributed by atoms with Gasteiger partial charge in [0.15, 0.2) is 15.8 Å². The summed E-state index contributed by atoms with van der Waals surface area (Å²) in [6.07, 6.45) is 0.534. The summed E-state index contributed by atoms with van der Waals surface area (Å²) in [5.41, 5.74) is 1.67. The van der Waals surface area contributed by atoms with Gasteiger partial charge in [-0.25, -0.2) is 8.42 Å². The number of halogens is 1. The van der Waals surface area contributed by atoms with Crippen LogP contribution in [-0.4, -0.2) is 69.9 Å². The maximum atomic E-state index is 12.3. The molecule has 0 saturated carbocycles. The van der Waals surface area contributed by atoms with E-state index in [1.165, 1.54) is 0 Å². The van der Waals surface area contributed by atoms with Gasteiger partial charge >= 0.3 is 0 Å². The Kier molecular flexibility index (Phi) is 9.89. The van der Waals surface area contributed by atoms with E-state index in [1.54, 1.807) is 13.1 Å². The van der Waals surface area contributed by atoms with Gasteiger partial charge in [0.05, 0.1) is 17.2 Å². The lowest BCUT2D eigenvalue weighted by atomic mass is 10.2. The number of rotatable bonds is 7. The summed E-state index contributed by atoms with van der Waals surface area (Å²) in [6.45, 7) is 3.68. The molecule has 0 aromatic heterocycles. The maximum Gasteiger partial charge on any atom is 0.193 e. The summed E-state index contributed by atoms with van der Waals surface area (Å²) in [7, 11) is -1.39. The SMILES string of the molecule is CN=C(NCCCS(=O)(=O)Cc1ccccc1)N1CCN(c2ccccc2O)CC1.I. The Morgan fingerprint density at radius 1 is 1.03 bits per heavy atom. The first-order valence-electron chi connectivity index (χ1n) is 10.2. The first-order valence-corrected chi connectivity index (χ1v) is 12.0. The predicted octanol–water partition coefficient (Wildman–Crippen LogP) is 2.71. The van der Waals surface area contributed by atoms with Crippen LogP contribution in [0.1, 0.15) is 12.0 Å². The zero-order chi connectivity index (χ0) is 21.4. The molecule has 9 heteroatoms. The molecule has 0 bridgehead atoms. The fourth-order valence-corrected chi connectivity index (χ4v) is 5.04. The van der Waals surface area contributed by atoms with Crippen LogP contribution in [-0.2, 0) is 15.6 Å². The van der Waals surface area contributed by atoms with Crippen molar-refractivity contribution in [3.63, 3.8) is 0 Å². The van der Waals surface area contributed by atoms with Gasteiger partial charge in [-0.3, -0.25) is 4.99 Å². The second kappa shape index (κ2) is 12.1. The Labute approximate surface area is 202 Å². The van der Waals surface area contributed by atoms with Gasteiger partial charge in [-0.1, -0.05) is 42.5 Å². The Morgan fingerprint density at radius 2 is 1.68 bits per heavy atom. The first kappa shape index (κ1) is 25.3. The highest BCUT2D eigenvalue weighted by Crippen LogP contribution is 2.27. The molecule has 0 unspecified atom stereocenters. The molecule has 1 fully saturated rings. The number of piperazine rings is 1. The number of hydrogen-bond donors (Lipinski definition) is 2. The zero-order valence-corrected chi connectivity index (χ0v) is 20.9. The van der Waals surface area contributed by atoms with Crippen molar-refractivity contribution in [2.24, 2.45) is 4.99 Å². The van der Waals surface area contributed by atoms with Crippen molar-refractivity contribution >= 4 is 45.5 Å². The molecule has 1 saturated heterocycles. The summed E-state index contributed by atoms with van der Waals surface area (Å²) in [5.74, 6) is 1.31. The zero-order valence-electron chi connectivity index (χ0n) is 17.8. The van der Waals surface area contributed by atoms with Crippen molar-refractivity contribution in [2.75, 3.05) is 50.4 Å². The minimum absolute atomic E-state index is 0. The molecule has 0 aliphatic carbocycles. The molecule has 2 N–H and O–H groups in total. The Hall–Kier alpha value is -2.01. The smallest absolute Gasteiger partial charge is 0.193 e. The van der Waals surface area contributed by atoms with Crippen molar-refractivity contribution in [1.82, 2.24) is 10.2 Å². The lowest BCUT2D eigenvalue weighted by Crippen LogP contribution is -2.52. The predicted molar refractivity (Wildman–Crippen MR) is 137 cm³/mol. The summed E-state index contributed by atoms with van der Waals surface area (Å²) < 4.78 is 24.6. The average Bonchev–Trinajstić information content (AvgIpc) is 2.75. The normalized spacial score (nSPS) is 14.8. The van der Waals surface area contributed by atoms with Gasteiger partial charge in [0.25, 0.3) is 0 Å². The number of phenols is 1. The van der Waals surface area contributed by atoms with Gasteiger partial charge in [0.2, 0.25) is 0 Å². The quantitative estimate of drug-likeness (QED) is 0.235. The number of guanidine groups is 1. The van der Waals surface area contributed by atoms with E-state index in [0.717, 1.165) is 43.4 Å². The number of aromatic hydroxyl groups is 1. The monoisotopic (exact) mass is 558 g/mol. The van der Waals surface area contributed by atoms with Crippen LogP contribution in [0.4, 0.5) is 5.69 Å². The highest BCUT2D eigenvalue weighted by Gasteiger charge is 2.21. The standard InChI is InChI=1S/C22H30N4O3S.HI/c1-23-22(24-12-7-17-30(28,29)18-19-8-3-2-4-9-19)26-15-13-25(14-16-26)20-10-5-6-11-21(20)27;/h2-6,8-11,27H,7,12-18H2,1H3,(H,23,24);1H. The highest BCUT2D eigenvalue weighted by molar-refractivity contribution is 14.0. The number of para-hydroxylation sites is 2. The lowest BCUT2D eigenvalue weighted by molar-refractivity contribution is 0.370. The number of hydrogen-bond acceptors (Lipinski definition) is 5. The van der Waals surface area contributed by atoms with E-state index >= 15 is 0 Å². The lowest BCUT2D eigenvalue weighted by Gasteiger charge is -2.37. The van der Waals surface area contributed by atoms with Gasteiger partial charge in [-0.05, 0) is 24.1 Å². The molecule has 1 aliphatic heterocycles. The number of phenolic OH excluding ortho intramolecular Hbond substituents is 1. The number of aliphatic imine (C=N–C) groups is 1. The Balaban J connectivity index is 0.00000341. The fourth-order valence-electron chi connectivity index (χ4n) is 3.62. The fraction of sp³-hybridized carbons (Fsp3) is 0.409. The van der Waals surface area contributed by atoms with Crippen molar-refractivity contribution in [3.8, 4) is 5.75 Å². The van der Waals surface area contributed by atoms with E-state index in [1.807, 2.05) is 48.5 Å². The molecule has 170 valence electrons. The van der Waals surface area contributed by atoms with Gasteiger partial charge in [-0.15, -0.1) is 24.0 Å². The number of benzene rings is 2. The van der Waals surface area contributed by atoms with Gasteiger partial charge < -0.3 is 20.2 Å². The number of anilines is 1. The molecule has 1 heterocycles. The van der Waals surface area contributed by atoms with Crippen molar-refractivity contribution in [3.05, 3.63) is 60.2 Å². The summed E-state index contributed by atoms with van der Waals surface area (Å²) in [4.78, 5) is 8.67. The van der Waals surface area contributed by atoms with E-state index in [2.05, 4.69) is 20.1 Å². The van der Waals surface area contributed by atoms with Crippen LogP contribution < -0.4 is 10.2 Å². The second-order valence-corrected chi connectivity index (χ2v) is 9.55. The second-order valence-electron chi connectivity index (χ2n) is 7.37. The van der Waals surface area contributed by atoms with Gasteiger partial charge in [0, 0.05) is 39.8 Å². The van der Waals surface area contributed by atoms with Crippen LogP contribution in [0.5, 0.6) is 5.75 Å². The number of sulfone groups is 1. The summed E-state index contributed by atoms with van der Waals surface area (Å²) in [5, 5.41) is 13.3. The third kappa shape index (κ3) is 7.57. The Morgan fingerprint density at radius 3 is 2.32 bits per heavy atom. The minimum atomic E-state index is -3.13. The van der Waals surface area contributed by atoms with E-state index in [-0.39, 0.29) is 35.5 Å². The molecule has 0 atom stereocenters. The third-order valence-corrected chi connectivity index (χ3v) is 6.84. The molecule has 0 radical (unpaired) electrons. The third-order valence-electron chi connectivity index (χ3n) is 5.16. The van der Waals surface area contributed by atoms with E-state index in [0.29, 0.717) is 18.7 Å². The summed E-state index contributed by atoms with van der Waals surface area (Å²) in [6, 6.07) is 16.6. The molecular formula is C22H31IN4O3S. The highest BCUT2D eigenvalue weighted by atomic mass is 127. The van der Waals surface area contributed by atoms with Crippen LogP contribution in [0.25, 0.3) is 0 Å². The van der Waals surface area contributed by atoms with Crippen LogP contribution in [0.3, 0.4) is 0 Å². The minimum Gasteiger partial charge on any atom is -0.506 e. The van der Waals surface area contributed by atoms with E-state index < -0.39 is 9.84 Å². The molecule has 1 aliphatic rings. The maximum absolute atomic E-state index is 12.3. The topological polar surface area (TPSA) is 85.2 Å². The van der Waals surface area contributed by atoms with Crippen molar-refractivity contribution < 1.29 is 13.5 Å². The number of nitrogens with one attached hydrogen (secondary N) is 1. The van der Waals surface area contributed by atoms with Crippen LogP contribution in [0.15, 0.2) is 59.6 Å². The van der Waals surface area contributed by atoms with Crippen LogP contribution in [0.2, 0.25) is 0 Å². The molecule has 31 heavy (non-hydrogen) atoms. The van der Waals surface area contributed by atoms with Gasteiger partial charge in [-0.2, -0.15) is 0 Å². The van der Waals surface area contributed by atoms with Gasteiger partial charge in [0.1, 0.15) is 5.75 Å². The molecule has 2 aromatic rings. The molecule has 7 nitrogen and oxygen atoms in total. The average molecular weight is 558 g/mol. The van der Waals surface area contributed by atoms with E-state index in [9.17, 15) is 13.5 Å². The summed E-state index contributed by atoms with van der Waals surface area (Å²) >= 11 is 0. The van der Waals surface area contributed by atoms with Crippen LogP contribution >= 0.6 is 24.0 Å². The molecular weight excluding hydrogens is 527 g/mol. The van der Waals surface area contributed by atoms with Crippen LogP contribution in [0, 0.1) is 0 Å². The molecule has 0 amide bonds. The van der Waals surface area contributed by atoms with Crippen molar-refractivity contribution in [2.45, 2.75) is 12.2 Å². The Bertz CT molecular complexity index is 946. The molecule has 2 aromatic carbocycles. The first-order chi connectivity index (χ1) is 14.5. The van der Waals surface area contributed by atoms with Crippen molar-refractivity contribution in [1.29, 1.82) is 0 Å². The largest absolute Gasteiger partial charge is 0.506 e. The molecule has 3 rings (SSSR count). The van der Waals surface area contributed by atoms with E-state index in [4.69, 9.17) is 0 Å². The number of nitrogens with zero attached hydrogens (tertiary/aromatic N) is 3. The molecule has 0 spiro atoms.